The number of hydrogen-bond donors (Lipinski definition) is 1. The fourth-order valence-corrected chi connectivity index (χ4v) is 4.63. The number of halogens is 3. The van der Waals surface area contributed by atoms with Crippen molar-refractivity contribution in [3.05, 3.63) is 24.3 Å². The Balaban J connectivity index is 1.53. The highest BCUT2D eigenvalue weighted by Gasteiger charge is 2.32. The van der Waals surface area contributed by atoms with Crippen LogP contribution in [0.15, 0.2) is 24.3 Å². The van der Waals surface area contributed by atoms with Crippen LogP contribution in [0.25, 0.3) is 17.0 Å². The van der Waals surface area contributed by atoms with Gasteiger partial charge in [0.2, 0.25) is 5.65 Å². The number of nitrogens with zero attached hydrogens (tertiary/aromatic N) is 6. The standard InChI is InChI=1S/C23H28F3N7O2/c1-3-32-11-12-34-19-18(32)20(27-14-15-7-9-31(2)10-8-15)30-33-21(28-29-22(19)33)16-5-4-6-17(13-16)35-23(24,25)26/h4-6,13,15H,3,7-12,14H2,1-2H3,(H,27,30). The van der Waals surface area contributed by atoms with Crippen LogP contribution in [-0.4, -0.2) is 77.5 Å². The quantitative estimate of drug-likeness (QED) is 0.560. The lowest BCUT2D eigenvalue weighted by molar-refractivity contribution is -0.274. The van der Waals surface area contributed by atoms with Gasteiger partial charge in [0.25, 0.3) is 0 Å². The third-order valence-corrected chi connectivity index (χ3v) is 6.51. The summed E-state index contributed by atoms with van der Waals surface area (Å²) in [6.45, 7) is 6.95. The number of likely N-dealkylation sites (N-methyl/N-ethyl adjacent to an activating group) is 1. The van der Waals surface area contributed by atoms with Crippen LogP contribution in [0, 0.1) is 5.92 Å². The van der Waals surface area contributed by atoms with Gasteiger partial charge in [-0.1, -0.05) is 12.1 Å². The molecule has 0 amide bonds. The van der Waals surface area contributed by atoms with Crippen LogP contribution in [0.1, 0.15) is 19.8 Å². The summed E-state index contributed by atoms with van der Waals surface area (Å²) in [7, 11) is 2.13. The van der Waals surface area contributed by atoms with E-state index in [1.807, 2.05) is 0 Å². The molecular weight excluding hydrogens is 463 g/mol. The van der Waals surface area contributed by atoms with Crippen molar-refractivity contribution in [2.24, 2.45) is 5.92 Å². The molecule has 1 fully saturated rings. The molecule has 1 aromatic carbocycles. The average Bonchev–Trinajstić information content (AvgIpc) is 3.26. The van der Waals surface area contributed by atoms with Gasteiger partial charge in [0.1, 0.15) is 18.0 Å². The summed E-state index contributed by atoms with van der Waals surface area (Å²) >= 11 is 0. The molecule has 2 aliphatic heterocycles. The average molecular weight is 492 g/mol. The molecule has 5 rings (SSSR count). The summed E-state index contributed by atoms with van der Waals surface area (Å²) in [4.78, 5) is 4.52. The van der Waals surface area contributed by atoms with Crippen molar-refractivity contribution in [2.45, 2.75) is 26.1 Å². The molecule has 12 heteroatoms. The second-order valence-corrected chi connectivity index (χ2v) is 8.92. The summed E-state index contributed by atoms with van der Waals surface area (Å²) < 4.78 is 49.9. The van der Waals surface area contributed by atoms with Crippen LogP contribution in [0.5, 0.6) is 11.5 Å². The maximum Gasteiger partial charge on any atom is 0.573 e. The van der Waals surface area contributed by atoms with Gasteiger partial charge in [-0.3, -0.25) is 0 Å². The van der Waals surface area contributed by atoms with E-state index in [4.69, 9.17) is 9.84 Å². The molecule has 0 saturated carbocycles. The molecule has 188 valence electrons. The highest BCUT2D eigenvalue weighted by atomic mass is 19.4. The number of anilines is 2. The van der Waals surface area contributed by atoms with Crippen LogP contribution in [0.3, 0.4) is 0 Å². The van der Waals surface area contributed by atoms with E-state index in [9.17, 15) is 13.2 Å². The van der Waals surface area contributed by atoms with Crippen LogP contribution in [0.4, 0.5) is 24.7 Å². The number of fused-ring (bicyclic) bond motifs is 3. The predicted molar refractivity (Wildman–Crippen MR) is 125 cm³/mol. The van der Waals surface area contributed by atoms with Crippen molar-refractivity contribution >= 4 is 17.2 Å². The molecule has 0 bridgehead atoms. The number of benzene rings is 1. The van der Waals surface area contributed by atoms with E-state index in [1.165, 1.54) is 22.7 Å². The van der Waals surface area contributed by atoms with E-state index in [0.717, 1.165) is 51.3 Å². The Morgan fingerprint density at radius 3 is 2.71 bits per heavy atom. The SMILES string of the molecule is CCN1CCOc2c1c(NCC1CCN(C)CC1)nn1c(-c3cccc(OC(F)(F)F)c3)nnc21. The molecule has 9 nitrogen and oxygen atoms in total. The van der Waals surface area contributed by atoms with Crippen molar-refractivity contribution in [1.82, 2.24) is 24.7 Å². The lowest BCUT2D eigenvalue weighted by Crippen LogP contribution is -2.35. The Hall–Kier alpha value is -3.28. The van der Waals surface area contributed by atoms with Gasteiger partial charge < -0.3 is 24.6 Å². The summed E-state index contributed by atoms with van der Waals surface area (Å²) in [6.07, 6.45) is -2.58. The highest BCUT2D eigenvalue weighted by molar-refractivity contribution is 5.82. The minimum absolute atomic E-state index is 0.301. The fraction of sp³-hybridized carbons (Fsp3) is 0.522. The largest absolute Gasteiger partial charge is 0.573 e. The second kappa shape index (κ2) is 9.40. The molecule has 0 spiro atoms. The van der Waals surface area contributed by atoms with Crippen molar-refractivity contribution in [1.29, 1.82) is 0 Å². The molecule has 35 heavy (non-hydrogen) atoms. The fourth-order valence-electron chi connectivity index (χ4n) is 4.63. The first-order chi connectivity index (χ1) is 16.8. The first-order valence-electron chi connectivity index (χ1n) is 11.8. The predicted octanol–water partition coefficient (Wildman–Crippen LogP) is 3.66. The normalized spacial score (nSPS) is 17.3. The number of hydrogen-bond acceptors (Lipinski definition) is 8. The molecule has 0 unspecified atom stereocenters. The number of piperidine rings is 1. The van der Waals surface area contributed by atoms with Gasteiger partial charge in [0.15, 0.2) is 17.4 Å². The number of rotatable bonds is 6. The van der Waals surface area contributed by atoms with Gasteiger partial charge in [-0.25, -0.2) is 0 Å². The van der Waals surface area contributed by atoms with Crippen molar-refractivity contribution in [3.8, 4) is 22.9 Å². The van der Waals surface area contributed by atoms with E-state index < -0.39 is 6.36 Å². The van der Waals surface area contributed by atoms with Crippen LogP contribution < -0.4 is 19.7 Å². The smallest absolute Gasteiger partial charge is 0.486 e. The molecule has 1 N–H and O–H groups in total. The van der Waals surface area contributed by atoms with E-state index in [2.05, 4.69) is 44.0 Å². The van der Waals surface area contributed by atoms with E-state index in [0.29, 0.717) is 41.1 Å². The summed E-state index contributed by atoms with van der Waals surface area (Å²) in [5.74, 6) is 1.71. The summed E-state index contributed by atoms with van der Waals surface area (Å²) in [6, 6.07) is 5.64. The van der Waals surface area contributed by atoms with Gasteiger partial charge in [-0.15, -0.1) is 28.5 Å². The molecule has 3 aromatic rings. The Bertz CT molecular complexity index is 1190. The Kier molecular flexibility index (Phi) is 6.30. The minimum atomic E-state index is -4.79. The molecule has 0 radical (unpaired) electrons. The third kappa shape index (κ3) is 4.93. The lowest BCUT2D eigenvalue weighted by atomic mass is 9.97. The van der Waals surface area contributed by atoms with Gasteiger partial charge in [0, 0.05) is 18.7 Å². The Morgan fingerprint density at radius 2 is 1.97 bits per heavy atom. The zero-order valence-electron chi connectivity index (χ0n) is 19.7. The van der Waals surface area contributed by atoms with E-state index in [-0.39, 0.29) is 5.75 Å². The maximum absolute atomic E-state index is 12.7. The lowest BCUT2D eigenvalue weighted by Gasteiger charge is -2.33. The van der Waals surface area contributed by atoms with Gasteiger partial charge in [0.05, 0.1) is 6.54 Å². The van der Waals surface area contributed by atoms with E-state index in [1.54, 1.807) is 6.07 Å². The summed E-state index contributed by atoms with van der Waals surface area (Å²) in [5.41, 5.74) is 1.66. The van der Waals surface area contributed by atoms with Gasteiger partial charge >= 0.3 is 6.36 Å². The number of aromatic nitrogens is 4. The second-order valence-electron chi connectivity index (χ2n) is 8.92. The van der Waals surface area contributed by atoms with Gasteiger partial charge in [-0.2, -0.15) is 4.52 Å². The van der Waals surface area contributed by atoms with E-state index >= 15 is 0 Å². The molecule has 2 aromatic heterocycles. The molecular formula is C23H28F3N7O2. The topological polar surface area (TPSA) is 80.1 Å². The van der Waals surface area contributed by atoms with Crippen LogP contribution in [-0.2, 0) is 0 Å². The van der Waals surface area contributed by atoms with Crippen molar-refractivity contribution in [2.75, 3.05) is 56.6 Å². The number of nitrogens with one attached hydrogen (secondary N) is 1. The number of alkyl halides is 3. The number of likely N-dealkylation sites (tertiary alicyclic amines) is 1. The molecule has 0 atom stereocenters. The Morgan fingerprint density at radius 1 is 1.17 bits per heavy atom. The van der Waals surface area contributed by atoms with Gasteiger partial charge in [-0.05, 0) is 58.0 Å². The zero-order chi connectivity index (χ0) is 24.6. The molecule has 0 aliphatic carbocycles. The van der Waals surface area contributed by atoms with Crippen LogP contribution >= 0.6 is 0 Å². The first kappa shape index (κ1) is 23.5. The molecule has 2 aliphatic rings. The number of ether oxygens (including phenoxy) is 2. The highest BCUT2D eigenvalue weighted by Crippen LogP contribution is 2.41. The molecule has 4 heterocycles. The monoisotopic (exact) mass is 491 g/mol. The third-order valence-electron chi connectivity index (χ3n) is 6.51. The Labute approximate surface area is 200 Å². The van der Waals surface area contributed by atoms with Crippen molar-refractivity contribution in [3.63, 3.8) is 0 Å². The first-order valence-corrected chi connectivity index (χ1v) is 11.8. The summed E-state index contributed by atoms with van der Waals surface area (Å²) in [5, 5.41) is 16.9. The maximum atomic E-state index is 12.7. The minimum Gasteiger partial charge on any atom is -0.486 e. The van der Waals surface area contributed by atoms with Crippen LogP contribution in [0.2, 0.25) is 0 Å². The molecule has 1 saturated heterocycles. The van der Waals surface area contributed by atoms with Crippen molar-refractivity contribution < 1.29 is 22.6 Å². The zero-order valence-corrected chi connectivity index (χ0v) is 19.7.